The van der Waals surface area contributed by atoms with E-state index >= 15 is 0 Å². The second kappa shape index (κ2) is 4.69. The molecule has 2 rings (SSSR count). The van der Waals surface area contributed by atoms with Crippen LogP contribution in [0.5, 0.6) is 0 Å². The summed E-state index contributed by atoms with van der Waals surface area (Å²) < 4.78 is 0. The first-order valence-corrected chi connectivity index (χ1v) is 4.93. The second-order valence-electron chi connectivity index (χ2n) is 3.04. The van der Waals surface area contributed by atoms with Crippen LogP contribution in [0.4, 0.5) is 0 Å². The first-order chi connectivity index (χ1) is 6.77. The molecule has 2 aromatic heterocycles. The zero-order chi connectivity index (χ0) is 10.6. The van der Waals surface area contributed by atoms with E-state index in [-0.39, 0.29) is 0 Å². The van der Waals surface area contributed by atoms with Gasteiger partial charge >= 0.3 is 0 Å². The Hall–Kier alpha value is -1.45. The number of aromatic nitrogens is 4. The van der Waals surface area contributed by atoms with Crippen molar-refractivity contribution in [3.05, 3.63) is 18.3 Å². The van der Waals surface area contributed by atoms with E-state index in [0.717, 1.165) is 17.0 Å². The quantitative estimate of drug-likeness (QED) is 0.755. The van der Waals surface area contributed by atoms with Crippen LogP contribution < -0.4 is 0 Å². The monoisotopic (exact) mass is 192 g/mol. The van der Waals surface area contributed by atoms with Crippen LogP contribution in [0.2, 0.25) is 0 Å². The molecule has 2 aromatic rings. The van der Waals surface area contributed by atoms with Crippen molar-refractivity contribution in [2.24, 2.45) is 0 Å². The van der Waals surface area contributed by atoms with Crippen LogP contribution in [0, 0.1) is 0 Å². The van der Waals surface area contributed by atoms with E-state index in [1.807, 2.05) is 13.8 Å². The molecule has 0 unspecified atom stereocenters. The Bertz CT molecular complexity index is 359. The molecule has 0 amide bonds. The number of imidazole rings is 1. The lowest BCUT2D eigenvalue weighted by Crippen LogP contribution is -1.88. The molecule has 0 aromatic carbocycles. The molecule has 0 saturated carbocycles. The molecule has 0 atom stereocenters. The fourth-order valence-corrected chi connectivity index (χ4v) is 1.05. The summed E-state index contributed by atoms with van der Waals surface area (Å²) in [4.78, 5) is 15.4. The highest BCUT2D eigenvalue weighted by molar-refractivity contribution is 5.68. The standard InChI is InChI=1S/C8H10N4.C2H6/c1-5(2)7-11-6-3-9-4-10-8(6)12-7;1-2/h3-5H,1-2H3,(H,9,10,11,12);1-2H3. The van der Waals surface area contributed by atoms with Crippen molar-refractivity contribution < 1.29 is 0 Å². The van der Waals surface area contributed by atoms with Crippen molar-refractivity contribution in [3.8, 4) is 0 Å². The van der Waals surface area contributed by atoms with E-state index in [2.05, 4.69) is 33.8 Å². The van der Waals surface area contributed by atoms with Gasteiger partial charge in [0.25, 0.3) is 0 Å². The third kappa shape index (κ3) is 2.07. The van der Waals surface area contributed by atoms with Crippen molar-refractivity contribution in [1.29, 1.82) is 0 Å². The summed E-state index contributed by atoms with van der Waals surface area (Å²) in [7, 11) is 0. The fraction of sp³-hybridized carbons (Fsp3) is 0.500. The van der Waals surface area contributed by atoms with E-state index in [1.165, 1.54) is 6.33 Å². The molecule has 76 valence electrons. The average Bonchev–Trinajstić information content (AvgIpc) is 2.64. The fourth-order valence-electron chi connectivity index (χ4n) is 1.05. The minimum atomic E-state index is 0.402. The van der Waals surface area contributed by atoms with Crippen LogP contribution in [0.15, 0.2) is 12.5 Å². The van der Waals surface area contributed by atoms with E-state index in [4.69, 9.17) is 0 Å². The predicted octanol–water partition coefficient (Wildman–Crippen LogP) is 2.50. The van der Waals surface area contributed by atoms with Gasteiger partial charge in [0.05, 0.1) is 6.20 Å². The molecule has 0 aliphatic heterocycles. The Morgan fingerprint density at radius 2 is 2.00 bits per heavy atom. The van der Waals surface area contributed by atoms with Gasteiger partial charge < -0.3 is 4.98 Å². The van der Waals surface area contributed by atoms with E-state index < -0.39 is 0 Å². The Morgan fingerprint density at radius 3 is 2.57 bits per heavy atom. The molecule has 14 heavy (non-hydrogen) atoms. The van der Waals surface area contributed by atoms with Crippen LogP contribution in [-0.2, 0) is 0 Å². The first-order valence-electron chi connectivity index (χ1n) is 4.93. The molecule has 0 fully saturated rings. The SMILES string of the molecule is CC.CC(C)c1nc2ncncc2[nH]1. The lowest BCUT2D eigenvalue weighted by Gasteiger charge is -1.95. The third-order valence-corrected chi connectivity index (χ3v) is 1.73. The lowest BCUT2D eigenvalue weighted by molar-refractivity contribution is 0.798. The average molecular weight is 192 g/mol. The smallest absolute Gasteiger partial charge is 0.180 e. The van der Waals surface area contributed by atoms with Crippen molar-refractivity contribution in [2.75, 3.05) is 0 Å². The summed E-state index contributed by atoms with van der Waals surface area (Å²) in [6.07, 6.45) is 3.24. The van der Waals surface area contributed by atoms with Gasteiger partial charge in [0.1, 0.15) is 17.7 Å². The number of fused-ring (bicyclic) bond motifs is 1. The molecule has 4 nitrogen and oxygen atoms in total. The van der Waals surface area contributed by atoms with Gasteiger partial charge in [0.15, 0.2) is 5.65 Å². The number of nitrogens with zero attached hydrogens (tertiary/aromatic N) is 3. The number of H-pyrrole nitrogens is 1. The Labute approximate surface area is 83.8 Å². The summed E-state index contributed by atoms with van der Waals surface area (Å²) in [5.74, 6) is 1.37. The minimum Gasteiger partial charge on any atom is -0.339 e. The number of nitrogens with one attached hydrogen (secondary N) is 1. The number of aromatic amines is 1. The zero-order valence-corrected chi connectivity index (χ0v) is 9.07. The topological polar surface area (TPSA) is 54.5 Å². The Morgan fingerprint density at radius 1 is 1.29 bits per heavy atom. The van der Waals surface area contributed by atoms with Gasteiger partial charge in [-0.15, -0.1) is 0 Å². The summed E-state index contributed by atoms with van der Waals surface area (Å²) >= 11 is 0. The molecule has 0 spiro atoms. The summed E-state index contributed by atoms with van der Waals surface area (Å²) in [5, 5.41) is 0. The van der Waals surface area contributed by atoms with E-state index in [1.54, 1.807) is 6.20 Å². The van der Waals surface area contributed by atoms with Crippen LogP contribution in [0.1, 0.15) is 39.4 Å². The molecule has 1 N–H and O–H groups in total. The molecule has 0 bridgehead atoms. The van der Waals surface area contributed by atoms with E-state index in [9.17, 15) is 0 Å². The number of hydrogen-bond donors (Lipinski definition) is 1. The first kappa shape index (κ1) is 10.6. The van der Waals surface area contributed by atoms with Crippen LogP contribution in [-0.4, -0.2) is 19.9 Å². The number of rotatable bonds is 1. The van der Waals surface area contributed by atoms with Gasteiger partial charge in [0, 0.05) is 5.92 Å². The molecule has 2 heterocycles. The molecule has 0 aliphatic carbocycles. The highest BCUT2D eigenvalue weighted by Crippen LogP contribution is 2.13. The van der Waals surface area contributed by atoms with Crippen LogP contribution in [0.3, 0.4) is 0 Å². The molecular weight excluding hydrogens is 176 g/mol. The Kier molecular flexibility index (Phi) is 3.56. The minimum absolute atomic E-state index is 0.402. The molecule has 0 saturated heterocycles. The van der Waals surface area contributed by atoms with Gasteiger partial charge in [-0.25, -0.2) is 15.0 Å². The molecule has 0 aliphatic rings. The van der Waals surface area contributed by atoms with Gasteiger partial charge in [-0.3, -0.25) is 0 Å². The molecular formula is C10H16N4. The van der Waals surface area contributed by atoms with Gasteiger partial charge in [-0.1, -0.05) is 27.7 Å². The largest absolute Gasteiger partial charge is 0.339 e. The summed E-state index contributed by atoms with van der Waals surface area (Å²) in [6.45, 7) is 8.18. The Balaban J connectivity index is 0.000000461. The number of hydrogen-bond acceptors (Lipinski definition) is 3. The second-order valence-corrected chi connectivity index (χ2v) is 3.04. The highest BCUT2D eigenvalue weighted by Gasteiger charge is 2.05. The predicted molar refractivity (Wildman–Crippen MR) is 57.1 cm³/mol. The third-order valence-electron chi connectivity index (χ3n) is 1.73. The van der Waals surface area contributed by atoms with Crippen LogP contribution in [0.25, 0.3) is 11.2 Å². The van der Waals surface area contributed by atoms with Gasteiger partial charge in [-0.2, -0.15) is 0 Å². The van der Waals surface area contributed by atoms with Crippen molar-refractivity contribution in [3.63, 3.8) is 0 Å². The summed E-state index contributed by atoms with van der Waals surface area (Å²) in [6, 6.07) is 0. The molecule has 0 radical (unpaired) electrons. The maximum atomic E-state index is 4.31. The van der Waals surface area contributed by atoms with Crippen molar-refractivity contribution in [1.82, 2.24) is 19.9 Å². The van der Waals surface area contributed by atoms with Crippen molar-refractivity contribution in [2.45, 2.75) is 33.6 Å². The van der Waals surface area contributed by atoms with Crippen LogP contribution >= 0.6 is 0 Å². The molecule has 4 heteroatoms. The van der Waals surface area contributed by atoms with E-state index in [0.29, 0.717) is 5.92 Å². The zero-order valence-electron chi connectivity index (χ0n) is 9.07. The van der Waals surface area contributed by atoms with Crippen molar-refractivity contribution >= 4 is 11.2 Å². The van der Waals surface area contributed by atoms with Gasteiger partial charge in [0.2, 0.25) is 0 Å². The van der Waals surface area contributed by atoms with Gasteiger partial charge in [-0.05, 0) is 0 Å². The summed E-state index contributed by atoms with van der Waals surface area (Å²) in [5.41, 5.74) is 1.65. The maximum absolute atomic E-state index is 4.31. The normalized spacial score (nSPS) is 10.1. The maximum Gasteiger partial charge on any atom is 0.180 e. The highest BCUT2D eigenvalue weighted by atomic mass is 15.0. The lowest BCUT2D eigenvalue weighted by atomic mass is 10.2.